The Morgan fingerprint density at radius 1 is 1.03 bits per heavy atom. The number of H-pyrrole nitrogens is 1. The van der Waals surface area contributed by atoms with Gasteiger partial charge in [0.05, 0.1) is 21.8 Å². The number of aromatic amines is 1. The van der Waals surface area contributed by atoms with Gasteiger partial charge in [0, 0.05) is 16.3 Å². The van der Waals surface area contributed by atoms with E-state index in [1.54, 1.807) is 18.3 Å². The third-order valence-corrected chi connectivity index (χ3v) is 6.86. The average Bonchev–Trinajstić information content (AvgIpc) is 3.46. The van der Waals surface area contributed by atoms with Gasteiger partial charge < -0.3 is 19.7 Å². The van der Waals surface area contributed by atoms with Crippen molar-refractivity contribution in [3.63, 3.8) is 0 Å². The van der Waals surface area contributed by atoms with Gasteiger partial charge in [-0.25, -0.2) is 18.2 Å². The van der Waals surface area contributed by atoms with Crippen LogP contribution < -0.4 is 9.64 Å². The second kappa shape index (κ2) is 9.40. The molecule has 3 aromatic heterocycles. The maximum absolute atomic E-state index is 12.7. The van der Waals surface area contributed by atoms with E-state index in [4.69, 9.17) is 9.47 Å². The molecule has 2 aromatic carbocycles. The molecule has 12 heteroatoms. The Morgan fingerprint density at radius 3 is 2.61 bits per heavy atom. The first-order valence-corrected chi connectivity index (χ1v) is 12.0. The highest BCUT2D eigenvalue weighted by molar-refractivity contribution is 7.91. The van der Waals surface area contributed by atoms with E-state index in [-0.39, 0.29) is 28.7 Å². The first kappa shape index (κ1) is 22.9. The Hall–Kier alpha value is -4.89. The monoisotopic (exact) mass is 504 g/mol. The minimum atomic E-state index is -4.23. The molecule has 0 spiro atoms. The minimum Gasteiger partial charge on any atom is -0.448 e. The van der Waals surface area contributed by atoms with Crippen molar-refractivity contribution >= 4 is 37.6 Å². The molecule has 5 rings (SSSR count). The highest BCUT2D eigenvalue weighted by atomic mass is 32.2. The van der Waals surface area contributed by atoms with Crippen molar-refractivity contribution < 1.29 is 32.2 Å². The molecule has 0 saturated heterocycles. The van der Waals surface area contributed by atoms with Gasteiger partial charge in [-0.3, -0.25) is 4.63 Å². The zero-order valence-corrected chi connectivity index (χ0v) is 19.2. The summed E-state index contributed by atoms with van der Waals surface area (Å²) in [7, 11) is -4.23. The van der Waals surface area contributed by atoms with Gasteiger partial charge in [0.1, 0.15) is 5.69 Å². The van der Waals surface area contributed by atoms with Crippen molar-refractivity contribution in [2.24, 2.45) is 0 Å². The van der Waals surface area contributed by atoms with Gasteiger partial charge in [-0.15, -0.1) is 0 Å². The average molecular weight is 504 g/mol. The fraction of sp³-hybridized carbons (Fsp3) is 0.0833. The number of fused-ring (bicyclic) bond motifs is 3. The fourth-order valence-electron chi connectivity index (χ4n) is 3.48. The Balaban J connectivity index is 1.21. The highest BCUT2D eigenvalue weighted by Crippen LogP contribution is 2.26. The van der Waals surface area contributed by atoms with Crippen LogP contribution in [0.4, 0.5) is 0 Å². The topological polar surface area (TPSA) is 151 Å². The van der Waals surface area contributed by atoms with E-state index in [2.05, 4.69) is 31.6 Å². The molecule has 180 valence electrons. The molecular formula is C24H16N4O7S. The Labute approximate surface area is 203 Å². The van der Waals surface area contributed by atoms with Crippen LogP contribution >= 0.6 is 0 Å². The van der Waals surface area contributed by atoms with Gasteiger partial charge in [0.2, 0.25) is 0 Å². The number of nitrogens with one attached hydrogen (secondary N) is 1. The largest absolute Gasteiger partial charge is 0.448 e. The van der Waals surface area contributed by atoms with Crippen molar-refractivity contribution in [1.29, 1.82) is 0 Å². The number of carbonyl (C=O) groups is 1. The summed E-state index contributed by atoms with van der Waals surface area (Å²) in [6, 6.07) is 16.6. The van der Waals surface area contributed by atoms with Gasteiger partial charge in [-0.1, -0.05) is 48.2 Å². The van der Waals surface area contributed by atoms with E-state index >= 15 is 0 Å². The van der Waals surface area contributed by atoms with Crippen molar-refractivity contribution in [3.8, 4) is 17.7 Å². The molecular weight excluding hydrogens is 488 g/mol. The van der Waals surface area contributed by atoms with Crippen LogP contribution in [0.5, 0.6) is 5.88 Å². The van der Waals surface area contributed by atoms with Crippen LogP contribution in [-0.2, 0) is 14.6 Å². The first-order chi connectivity index (χ1) is 17.4. The molecule has 0 aliphatic rings. The van der Waals surface area contributed by atoms with Crippen molar-refractivity contribution in [3.05, 3.63) is 77.8 Å². The third kappa shape index (κ3) is 4.30. The molecule has 0 aliphatic carbocycles. The summed E-state index contributed by atoms with van der Waals surface area (Å²) in [5, 5.41) is 16.2. The number of hydrogen-bond acceptors (Lipinski definition) is 9. The van der Waals surface area contributed by atoms with Crippen LogP contribution in [0.1, 0.15) is 10.5 Å². The highest BCUT2D eigenvalue weighted by Gasteiger charge is 2.35. The molecule has 5 aromatic rings. The van der Waals surface area contributed by atoms with Gasteiger partial charge >= 0.3 is 16.9 Å². The van der Waals surface area contributed by atoms with E-state index < -0.39 is 26.7 Å². The second-order valence-electron chi connectivity index (χ2n) is 7.36. The molecule has 0 fully saturated rings. The molecule has 0 radical (unpaired) electrons. The fourth-order valence-corrected chi connectivity index (χ4v) is 4.78. The molecule has 0 aliphatic heterocycles. The van der Waals surface area contributed by atoms with Crippen molar-refractivity contribution in [2.45, 2.75) is 9.92 Å². The first-order valence-electron chi connectivity index (χ1n) is 10.5. The van der Waals surface area contributed by atoms with Gasteiger partial charge in [0.15, 0.2) is 13.2 Å². The molecule has 0 amide bonds. The molecule has 11 nitrogen and oxygen atoms in total. The van der Waals surface area contributed by atoms with E-state index in [1.165, 1.54) is 24.3 Å². The SMILES string of the molecule is O=C(OCC#CCOc1no[n+]([O-])c1S(=O)(=O)c1ccccc1)c1cc2c(cn1)[nH]c1ccccc12. The summed E-state index contributed by atoms with van der Waals surface area (Å²) in [5.41, 5.74) is 1.86. The number of sulfone groups is 1. The third-order valence-electron chi connectivity index (χ3n) is 5.14. The Morgan fingerprint density at radius 2 is 1.78 bits per heavy atom. The lowest BCUT2D eigenvalue weighted by Gasteiger charge is -2.01. The predicted molar refractivity (Wildman–Crippen MR) is 125 cm³/mol. The smallest absolute Gasteiger partial charge is 0.415 e. The summed E-state index contributed by atoms with van der Waals surface area (Å²) >= 11 is 0. The van der Waals surface area contributed by atoms with Crippen molar-refractivity contribution in [2.75, 3.05) is 13.2 Å². The maximum Gasteiger partial charge on any atom is 0.415 e. The number of pyridine rings is 1. The normalized spacial score (nSPS) is 11.2. The summed E-state index contributed by atoms with van der Waals surface area (Å²) < 4.78 is 40.2. The van der Waals surface area contributed by atoms with E-state index in [9.17, 15) is 18.4 Å². The van der Waals surface area contributed by atoms with Crippen LogP contribution in [0.15, 0.2) is 81.4 Å². The summed E-state index contributed by atoms with van der Waals surface area (Å²) in [4.78, 5) is 19.4. The number of hydrogen-bond donors (Lipinski definition) is 1. The van der Waals surface area contributed by atoms with Gasteiger partial charge in [0.25, 0.3) is 9.84 Å². The van der Waals surface area contributed by atoms with Crippen LogP contribution in [0, 0.1) is 17.0 Å². The van der Waals surface area contributed by atoms with Gasteiger partial charge in [-0.2, -0.15) is 0 Å². The molecule has 36 heavy (non-hydrogen) atoms. The van der Waals surface area contributed by atoms with Crippen LogP contribution in [-0.4, -0.2) is 42.7 Å². The lowest BCUT2D eigenvalue weighted by atomic mass is 10.1. The number of rotatable bonds is 6. The molecule has 1 N–H and O–H groups in total. The van der Waals surface area contributed by atoms with E-state index in [0.29, 0.717) is 0 Å². The Bertz CT molecular complexity index is 1750. The van der Waals surface area contributed by atoms with Crippen LogP contribution in [0.3, 0.4) is 0 Å². The summed E-state index contributed by atoms with van der Waals surface area (Å²) in [5.74, 6) is 3.94. The zero-order chi connectivity index (χ0) is 25.1. The van der Waals surface area contributed by atoms with E-state index in [1.807, 2.05) is 24.3 Å². The second-order valence-corrected chi connectivity index (χ2v) is 9.23. The number of aromatic nitrogens is 4. The number of esters is 1. The van der Waals surface area contributed by atoms with E-state index in [0.717, 1.165) is 21.8 Å². The molecule has 0 bridgehead atoms. The maximum atomic E-state index is 12.7. The minimum absolute atomic E-state index is 0.125. The molecule has 0 atom stereocenters. The number of ether oxygens (including phenoxy) is 2. The van der Waals surface area contributed by atoms with Crippen LogP contribution in [0.25, 0.3) is 21.8 Å². The van der Waals surface area contributed by atoms with Crippen molar-refractivity contribution in [1.82, 2.24) is 15.1 Å². The number of para-hydroxylation sites is 1. The van der Waals surface area contributed by atoms with Crippen LogP contribution in [0.2, 0.25) is 0 Å². The number of benzene rings is 2. The molecule has 0 saturated carbocycles. The number of nitrogens with zero attached hydrogens (tertiary/aromatic N) is 3. The lowest BCUT2D eigenvalue weighted by Crippen LogP contribution is -2.30. The van der Waals surface area contributed by atoms with Gasteiger partial charge in [-0.05, 0) is 29.2 Å². The predicted octanol–water partition coefficient (Wildman–Crippen LogP) is 2.41. The lowest BCUT2D eigenvalue weighted by molar-refractivity contribution is -0.832. The standard InChI is InChI=1S/C24H16N4O7S/c29-24(20-14-18-17-10-4-5-11-19(17)26-21(18)15-25-20)34-13-7-6-12-33-22-23(28(30)35-27-22)36(31,32)16-8-2-1-3-9-16/h1-5,8-11,14-15,26H,12-13H2. The Kier molecular flexibility index (Phi) is 5.97. The zero-order valence-electron chi connectivity index (χ0n) is 18.4. The summed E-state index contributed by atoms with van der Waals surface area (Å²) in [6.45, 7) is -0.591. The number of carbonyl (C=O) groups excluding carboxylic acids is 1. The molecule has 0 unspecified atom stereocenters. The quantitative estimate of drug-likeness (QED) is 0.209. The summed E-state index contributed by atoms with van der Waals surface area (Å²) in [6.07, 6.45) is 1.56. The molecule has 3 heterocycles.